The van der Waals surface area contributed by atoms with Gasteiger partial charge in [-0.2, -0.15) is 11.8 Å². The van der Waals surface area contributed by atoms with Crippen molar-refractivity contribution in [3.05, 3.63) is 0 Å². The normalized spacial score (nSPS) is 34.2. The van der Waals surface area contributed by atoms with E-state index >= 15 is 0 Å². The van der Waals surface area contributed by atoms with E-state index in [9.17, 15) is 5.11 Å². The molecule has 0 aromatic rings. The van der Waals surface area contributed by atoms with Gasteiger partial charge in [0.2, 0.25) is 0 Å². The summed E-state index contributed by atoms with van der Waals surface area (Å²) in [6, 6.07) is 0. The summed E-state index contributed by atoms with van der Waals surface area (Å²) in [5, 5.41) is 12.6. The van der Waals surface area contributed by atoms with Gasteiger partial charge in [-0.1, -0.05) is 0 Å². The van der Waals surface area contributed by atoms with Crippen molar-refractivity contribution in [3.8, 4) is 0 Å². The predicted molar refractivity (Wildman–Crippen MR) is 45.4 cm³/mol. The Morgan fingerprint density at radius 3 is 3.10 bits per heavy atom. The van der Waals surface area contributed by atoms with Gasteiger partial charge in [0.25, 0.3) is 0 Å². The van der Waals surface area contributed by atoms with Crippen LogP contribution in [-0.4, -0.2) is 36.3 Å². The first-order chi connectivity index (χ1) is 4.84. The quantitative estimate of drug-likeness (QED) is 0.612. The highest BCUT2D eigenvalue weighted by atomic mass is 32.2. The molecule has 1 fully saturated rings. The van der Waals surface area contributed by atoms with Crippen molar-refractivity contribution in [1.29, 1.82) is 0 Å². The molecule has 1 aliphatic rings. The second-order valence-electron chi connectivity index (χ2n) is 2.78. The molecule has 0 amide bonds. The van der Waals surface area contributed by atoms with E-state index in [0.717, 1.165) is 25.3 Å². The number of hydrogen-bond acceptors (Lipinski definition) is 3. The smallest absolute Gasteiger partial charge is 0.0701 e. The average molecular weight is 161 g/mol. The highest BCUT2D eigenvalue weighted by molar-refractivity contribution is 7.98. The minimum atomic E-state index is -0.110. The fraction of sp³-hybridized carbons (Fsp3) is 1.00. The van der Waals surface area contributed by atoms with Crippen LogP contribution in [0, 0.1) is 5.92 Å². The summed E-state index contributed by atoms with van der Waals surface area (Å²) in [5.74, 6) is 1.62. The molecule has 0 aromatic heterocycles. The van der Waals surface area contributed by atoms with Crippen LogP contribution >= 0.6 is 11.8 Å². The number of piperidine rings is 1. The molecule has 60 valence electrons. The molecule has 0 aliphatic carbocycles. The van der Waals surface area contributed by atoms with Gasteiger partial charge in [-0.3, -0.25) is 0 Å². The summed E-state index contributed by atoms with van der Waals surface area (Å²) in [7, 11) is 0. The Balaban J connectivity index is 2.25. The third-order valence-electron chi connectivity index (χ3n) is 1.97. The van der Waals surface area contributed by atoms with E-state index in [0.29, 0.717) is 5.92 Å². The number of rotatable bonds is 2. The number of nitrogens with one attached hydrogen (secondary N) is 1. The Morgan fingerprint density at radius 1 is 1.70 bits per heavy atom. The average Bonchev–Trinajstić information content (AvgIpc) is 1.94. The topological polar surface area (TPSA) is 32.3 Å². The zero-order valence-corrected chi connectivity index (χ0v) is 7.16. The molecule has 2 unspecified atom stereocenters. The number of thioether (sulfide) groups is 1. The Morgan fingerprint density at radius 2 is 2.50 bits per heavy atom. The maximum atomic E-state index is 9.42. The molecule has 1 saturated heterocycles. The van der Waals surface area contributed by atoms with Crippen LogP contribution in [0.4, 0.5) is 0 Å². The fourth-order valence-electron chi connectivity index (χ4n) is 1.30. The lowest BCUT2D eigenvalue weighted by molar-refractivity contribution is 0.0938. The van der Waals surface area contributed by atoms with Crippen molar-refractivity contribution < 1.29 is 5.11 Å². The van der Waals surface area contributed by atoms with E-state index in [1.807, 2.05) is 11.8 Å². The van der Waals surface area contributed by atoms with Crippen LogP contribution in [0.5, 0.6) is 0 Å². The summed E-state index contributed by atoms with van der Waals surface area (Å²) in [6.07, 6.45) is 3.11. The van der Waals surface area contributed by atoms with Gasteiger partial charge in [0.05, 0.1) is 6.10 Å². The summed E-state index contributed by atoms with van der Waals surface area (Å²) >= 11 is 1.82. The van der Waals surface area contributed by atoms with Crippen LogP contribution in [0.2, 0.25) is 0 Å². The van der Waals surface area contributed by atoms with Crippen molar-refractivity contribution in [2.24, 2.45) is 5.92 Å². The number of aliphatic hydroxyl groups excluding tert-OH is 1. The molecule has 10 heavy (non-hydrogen) atoms. The van der Waals surface area contributed by atoms with Crippen LogP contribution in [-0.2, 0) is 0 Å². The lowest BCUT2D eigenvalue weighted by Crippen LogP contribution is -2.41. The van der Waals surface area contributed by atoms with Crippen LogP contribution < -0.4 is 5.32 Å². The van der Waals surface area contributed by atoms with E-state index in [4.69, 9.17) is 0 Å². The van der Waals surface area contributed by atoms with Crippen LogP contribution in [0.3, 0.4) is 0 Å². The minimum absolute atomic E-state index is 0.110. The molecule has 1 aliphatic heterocycles. The zero-order valence-electron chi connectivity index (χ0n) is 6.34. The summed E-state index contributed by atoms with van der Waals surface area (Å²) in [6.45, 7) is 1.85. The Kier molecular flexibility index (Phi) is 3.52. The van der Waals surface area contributed by atoms with Crippen LogP contribution in [0.1, 0.15) is 6.42 Å². The molecule has 0 saturated carbocycles. The third kappa shape index (κ3) is 2.15. The number of β-amino-alcohol motifs (C(OH)–C–C–N with tert-alkyl or cyclic N) is 1. The van der Waals surface area contributed by atoms with Crippen molar-refractivity contribution in [3.63, 3.8) is 0 Å². The first kappa shape index (κ1) is 8.37. The zero-order chi connectivity index (χ0) is 7.40. The molecule has 0 spiro atoms. The molecule has 3 heteroatoms. The SMILES string of the molecule is CSCC1CCNCC1O. The number of hydrogen-bond donors (Lipinski definition) is 2. The molecule has 1 heterocycles. The summed E-state index contributed by atoms with van der Waals surface area (Å²) in [4.78, 5) is 0. The second-order valence-corrected chi connectivity index (χ2v) is 3.69. The Labute approximate surface area is 66.4 Å². The highest BCUT2D eigenvalue weighted by Gasteiger charge is 2.21. The maximum absolute atomic E-state index is 9.42. The molecule has 2 atom stereocenters. The molecular weight excluding hydrogens is 146 g/mol. The van der Waals surface area contributed by atoms with Crippen molar-refractivity contribution in [2.75, 3.05) is 25.1 Å². The van der Waals surface area contributed by atoms with E-state index in [-0.39, 0.29) is 6.10 Å². The van der Waals surface area contributed by atoms with Gasteiger partial charge in [-0.25, -0.2) is 0 Å². The monoisotopic (exact) mass is 161 g/mol. The molecule has 2 N–H and O–H groups in total. The molecule has 0 bridgehead atoms. The van der Waals surface area contributed by atoms with Gasteiger partial charge in [0.15, 0.2) is 0 Å². The van der Waals surface area contributed by atoms with Crippen LogP contribution in [0.15, 0.2) is 0 Å². The van der Waals surface area contributed by atoms with Gasteiger partial charge in [0, 0.05) is 6.54 Å². The van der Waals surface area contributed by atoms with Gasteiger partial charge in [-0.15, -0.1) is 0 Å². The highest BCUT2D eigenvalue weighted by Crippen LogP contribution is 2.16. The van der Waals surface area contributed by atoms with E-state index < -0.39 is 0 Å². The Hall–Kier alpha value is 0.270. The maximum Gasteiger partial charge on any atom is 0.0701 e. The fourth-order valence-corrected chi connectivity index (χ4v) is 2.12. The van der Waals surface area contributed by atoms with E-state index in [1.165, 1.54) is 0 Å². The van der Waals surface area contributed by atoms with Gasteiger partial charge < -0.3 is 10.4 Å². The molecular formula is C7H15NOS. The third-order valence-corrected chi connectivity index (χ3v) is 2.73. The molecule has 0 aromatic carbocycles. The van der Waals surface area contributed by atoms with Crippen LogP contribution in [0.25, 0.3) is 0 Å². The van der Waals surface area contributed by atoms with Gasteiger partial charge >= 0.3 is 0 Å². The lowest BCUT2D eigenvalue weighted by Gasteiger charge is -2.27. The van der Waals surface area contributed by atoms with Crippen molar-refractivity contribution >= 4 is 11.8 Å². The molecule has 0 radical (unpaired) electrons. The minimum Gasteiger partial charge on any atom is -0.391 e. The molecule has 2 nitrogen and oxygen atoms in total. The van der Waals surface area contributed by atoms with Crippen molar-refractivity contribution in [1.82, 2.24) is 5.32 Å². The Bertz CT molecular complexity index is 97.6. The second kappa shape index (κ2) is 4.21. The summed E-state index contributed by atoms with van der Waals surface area (Å²) in [5.41, 5.74) is 0. The van der Waals surface area contributed by atoms with Gasteiger partial charge in [0.1, 0.15) is 0 Å². The standard InChI is InChI=1S/C7H15NOS/c1-10-5-6-2-3-8-4-7(6)9/h6-9H,2-5H2,1H3. The first-order valence-corrected chi connectivity index (χ1v) is 5.11. The van der Waals surface area contributed by atoms with E-state index in [1.54, 1.807) is 0 Å². The summed E-state index contributed by atoms with van der Waals surface area (Å²) < 4.78 is 0. The predicted octanol–water partition coefficient (Wildman–Crippen LogP) is 0.320. The van der Waals surface area contributed by atoms with Crippen molar-refractivity contribution in [2.45, 2.75) is 12.5 Å². The number of aliphatic hydroxyl groups is 1. The largest absolute Gasteiger partial charge is 0.391 e. The van der Waals surface area contributed by atoms with E-state index in [2.05, 4.69) is 11.6 Å². The first-order valence-electron chi connectivity index (χ1n) is 3.72. The van der Waals surface area contributed by atoms with Gasteiger partial charge in [-0.05, 0) is 30.9 Å². The molecule has 1 rings (SSSR count). The lowest BCUT2D eigenvalue weighted by atomic mass is 9.97.